The maximum Gasteiger partial charge on any atom is 0.206 e. The third-order valence-electron chi connectivity index (χ3n) is 2.68. The predicted molar refractivity (Wildman–Crippen MR) is 56.7 cm³/mol. The lowest BCUT2D eigenvalue weighted by molar-refractivity contribution is 0.181. The maximum atomic E-state index is 5.42. The van der Waals surface area contributed by atoms with Gasteiger partial charge in [-0.1, -0.05) is 18.3 Å². The van der Waals surface area contributed by atoms with E-state index in [2.05, 4.69) is 22.4 Å². The minimum absolute atomic E-state index is 0.0893. The summed E-state index contributed by atoms with van der Waals surface area (Å²) in [5.74, 6) is 0. The van der Waals surface area contributed by atoms with E-state index in [1.807, 2.05) is 6.92 Å². The molecule has 1 N–H and O–H groups in total. The van der Waals surface area contributed by atoms with E-state index >= 15 is 0 Å². The first kappa shape index (κ1) is 9.86. The molecule has 2 rings (SSSR count). The number of hydrogen-bond acceptors (Lipinski definition) is 5. The van der Waals surface area contributed by atoms with Crippen LogP contribution in [0.3, 0.4) is 0 Å². The standard InChI is InChI=1S/C9H15N3OS/c1-3-9(4-5-13-6-9)10-8-12-11-7(2)14-8/h3-6H2,1-2H3,(H,10,12). The van der Waals surface area contributed by atoms with Crippen molar-refractivity contribution in [1.29, 1.82) is 0 Å². The zero-order valence-corrected chi connectivity index (χ0v) is 9.36. The molecule has 1 aromatic rings. The number of ether oxygens (including phenoxy) is 1. The fourth-order valence-corrected chi connectivity index (χ4v) is 2.36. The Morgan fingerprint density at radius 1 is 1.57 bits per heavy atom. The topological polar surface area (TPSA) is 47.0 Å². The Morgan fingerprint density at radius 3 is 2.93 bits per heavy atom. The number of aryl methyl sites for hydroxylation is 1. The van der Waals surface area contributed by atoms with Gasteiger partial charge >= 0.3 is 0 Å². The molecule has 1 saturated heterocycles. The molecular weight excluding hydrogens is 198 g/mol. The first-order chi connectivity index (χ1) is 6.74. The van der Waals surface area contributed by atoms with E-state index in [4.69, 9.17) is 4.74 Å². The molecular formula is C9H15N3OS. The molecule has 0 aromatic carbocycles. The van der Waals surface area contributed by atoms with Crippen LogP contribution in [0.5, 0.6) is 0 Å². The Hall–Kier alpha value is -0.680. The van der Waals surface area contributed by atoms with Gasteiger partial charge in [0.25, 0.3) is 0 Å². The van der Waals surface area contributed by atoms with Gasteiger partial charge in [0.05, 0.1) is 12.1 Å². The SMILES string of the molecule is CCC1(Nc2nnc(C)s2)CCOC1. The lowest BCUT2D eigenvalue weighted by Crippen LogP contribution is -2.37. The Balaban J connectivity index is 2.08. The lowest BCUT2D eigenvalue weighted by Gasteiger charge is -2.26. The minimum atomic E-state index is 0.0893. The number of aromatic nitrogens is 2. The largest absolute Gasteiger partial charge is 0.379 e. The molecule has 1 atom stereocenters. The maximum absolute atomic E-state index is 5.42. The fraction of sp³-hybridized carbons (Fsp3) is 0.778. The van der Waals surface area contributed by atoms with Gasteiger partial charge in [-0.3, -0.25) is 0 Å². The van der Waals surface area contributed by atoms with E-state index in [1.54, 1.807) is 11.3 Å². The van der Waals surface area contributed by atoms with E-state index in [0.717, 1.165) is 36.2 Å². The number of nitrogens with zero attached hydrogens (tertiary/aromatic N) is 2. The summed E-state index contributed by atoms with van der Waals surface area (Å²) in [7, 11) is 0. The third-order valence-corrected chi connectivity index (χ3v) is 3.43. The summed E-state index contributed by atoms with van der Waals surface area (Å²) < 4.78 is 5.42. The average Bonchev–Trinajstić information content (AvgIpc) is 2.77. The highest BCUT2D eigenvalue weighted by Gasteiger charge is 2.33. The summed E-state index contributed by atoms with van der Waals surface area (Å²) in [5, 5.41) is 13.4. The molecule has 1 fully saturated rings. The first-order valence-electron chi connectivity index (χ1n) is 4.90. The second-order valence-electron chi connectivity index (χ2n) is 3.69. The Labute approximate surface area is 87.7 Å². The summed E-state index contributed by atoms with van der Waals surface area (Å²) in [6.45, 7) is 5.77. The highest BCUT2D eigenvalue weighted by molar-refractivity contribution is 7.15. The van der Waals surface area contributed by atoms with Crippen molar-refractivity contribution in [1.82, 2.24) is 10.2 Å². The molecule has 14 heavy (non-hydrogen) atoms. The first-order valence-corrected chi connectivity index (χ1v) is 5.72. The molecule has 1 aliphatic rings. The van der Waals surface area contributed by atoms with Gasteiger partial charge in [0, 0.05) is 6.61 Å². The van der Waals surface area contributed by atoms with E-state index in [-0.39, 0.29) is 5.54 Å². The highest BCUT2D eigenvalue weighted by Crippen LogP contribution is 2.28. The van der Waals surface area contributed by atoms with Crippen LogP contribution in [0.4, 0.5) is 5.13 Å². The highest BCUT2D eigenvalue weighted by atomic mass is 32.1. The molecule has 2 heterocycles. The van der Waals surface area contributed by atoms with Crippen molar-refractivity contribution in [2.75, 3.05) is 18.5 Å². The molecule has 0 aliphatic carbocycles. The van der Waals surface area contributed by atoms with Gasteiger partial charge in [0.1, 0.15) is 5.01 Å². The van der Waals surface area contributed by atoms with Crippen LogP contribution in [-0.4, -0.2) is 29.0 Å². The Bertz CT molecular complexity index is 307. The van der Waals surface area contributed by atoms with Crippen molar-refractivity contribution < 1.29 is 4.74 Å². The zero-order valence-electron chi connectivity index (χ0n) is 8.54. The van der Waals surface area contributed by atoms with E-state index in [1.165, 1.54) is 0 Å². The van der Waals surface area contributed by atoms with Gasteiger partial charge in [-0.2, -0.15) is 0 Å². The minimum Gasteiger partial charge on any atom is -0.379 e. The second kappa shape index (κ2) is 3.82. The second-order valence-corrected chi connectivity index (χ2v) is 4.87. The summed E-state index contributed by atoms with van der Waals surface area (Å²) in [6.07, 6.45) is 2.12. The molecule has 0 amide bonds. The van der Waals surface area contributed by atoms with Crippen LogP contribution in [0, 0.1) is 6.92 Å². The van der Waals surface area contributed by atoms with Crippen LogP contribution in [0.25, 0.3) is 0 Å². The van der Waals surface area contributed by atoms with Crippen LogP contribution in [0.1, 0.15) is 24.8 Å². The molecule has 0 saturated carbocycles. The van der Waals surface area contributed by atoms with Crippen LogP contribution >= 0.6 is 11.3 Å². The Kier molecular flexibility index (Phi) is 2.69. The summed E-state index contributed by atoms with van der Waals surface area (Å²) >= 11 is 1.60. The van der Waals surface area contributed by atoms with Crippen LogP contribution in [0.2, 0.25) is 0 Å². The number of anilines is 1. The van der Waals surface area contributed by atoms with Gasteiger partial charge in [0.15, 0.2) is 0 Å². The monoisotopic (exact) mass is 213 g/mol. The van der Waals surface area contributed by atoms with E-state index in [0.29, 0.717) is 0 Å². The summed E-state index contributed by atoms with van der Waals surface area (Å²) in [5.41, 5.74) is 0.0893. The molecule has 1 unspecified atom stereocenters. The predicted octanol–water partition coefficient (Wildman–Crippen LogP) is 1.83. The van der Waals surface area contributed by atoms with Crippen molar-refractivity contribution in [2.24, 2.45) is 0 Å². The summed E-state index contributed by atoms with van der Waals surface area (Å²) in [4.78, 5) is 0. The number of nitrogens with one attached hydrogen (secondary N) is 1. The Morgan fingerprint density at radius 2 is 2.43 bits per heavy atom. The molecule has 1 aromatic heterocycles. The van der Waals surface area contributed by atoms with Crippen LogP contribution in [0.15, 0.2) is 0 Å². The number of hydrogen-bond donors (Lipinski definition) is 1. The van der Waals surface area contributed by atoms with Crippen molar-refractivity contribution in [3.63, 3.8) is 0 Å². The lowest BCUT2D eigenvalue weighted by atomic mass is 9.96. The zero-order chi connectivity index (χ0) is 10.0. The molecule has 4 nitrogen and oxygen atoms in total. The van der Waals surface area contributed by atoms with Crippen LogP contribution in [-0.2, 0) is 4.74 Å². The van der Waals surface area contributed by atoms with Crippen molar-refractivity contribution in [3.8, 4) is 0 Å². The van der Waals surface area contributed by atoms with Gasteiger partial charge in [-0.05, 0) is 19.8 Å². The smallest absolute Gasteiger partial charge is 0.206 e. The van der Waals surface area contributed by atoms with E-state index < -0.39 is 0 Å². The summed E-state index contributed by atoms with van der Waals surface area (Å²) in [6, 6.07) is 0. The van der Waals surface area contributed by atoms with Gasteiger partial charge < -0.3 is 10.1 Å². The normalized spacial score (nSPS) is 26.7. The van der Waals surface area contributed by atoms with Gasteiger partial charge in [0.2, 0.25) is 5.13 Å². The van der Waals surface area contributed by atoms with Crippen molar-refractivity contribution >= 4 is 16.5 Å². The van der Waals surface area contributed by atoms with Crippen LogP contribution < -0.4 is 5.32 Å². The molecule has 0 spiro atoms. The average molecular weight is 213 g/mol. The van der Waals surface area contributed by atoms with Gasteiger partial charge in [-0.25, -0.2) is 0 Å². The molecule has 5 heteroatoms. The van der Waals surface area contributed by atoms with Crippen molar-refractivity contribution in [2.45, 2.75) is 32.2 Å². The molecule has 1 aliphatic heterocycles. The molecule has 0 bridgehead atoms. The van der Waals surface area contributed by atoms with E-state index in [9.17, 15) is 0 Å². The molecule has 78 valence electrons. The van der Waals surface area contributed by atoms with Crippen molar-refractivity contribution in [3.05, 3.63) is 5.01 Å². The van der Waals surface area contributed by atoms with Gasteiger partial charge in [-0.15, -0.1) is 10.2 Å². The molecule has 0 radical (unpaired) electrons. The fourth-order valence-electron chi connectivity index (χ4n) is 1.65. The third kappa shape index (κ3) is 1.88. The quantitative estimate of drug-likeness (QED) is 0.832. The number of rotatable bonds is 3.